The van der Waals surface area contributed by atoms with Crippen molar-refractivity contribution in [2.45, 2.75) is 18.9 Å². The van der Waals surface area contributed by atoms with Crippen molar-refractivity contribution in [1.29, 1.82) is 0 Å². The Morgan fingerprint density at radius 2 is 1.80 bits per heavy atom. The second kappa shape index (κ2) is 14.4. The van der Waals surface area contributed by atoms with Crippen molar-refractivity contribution in [3.63, 3.8) is 0 Å². The fraction of sp³-hybridized carbons (Fsp3) is 0.400. The zero-order chi connectivity index (χ0) is 32.1. The SMILES string of the molecule is COc1ccc(-c2cnc(C(=O)Nc3ccc(C(=O)N4CCN(C(=O)CC[C@@H](O)C[NH+](C)C)CC4)c(Cl)c3)n2C)c(F)c1Cl. The number of amides is 3. The molecule has 14 heteroatoms. The van der Waals surface area contributed by atoms with Gasteiger partial charge in [-0.15, -0.1) is 0 Å². The van der Waals surface area contributed by atoms with Gasteiger partial charge in [0, 0.05) is 50.9 Å². The number of nitrogens with zero attached hydrogens (tertiary/aromatic N) is 4. The number of carbonyl (C=O) groups is 3. The van der Waals surface area contributed by atoms with E-state index in [0.717, 1.165) is 4.90 Å². The van der Waals surface area contributed by atoms with Gasteiger partial charge >= 0.3 is 0 Å². The Morgan fingerprint density at radius 3 is 2.43 bits per heavy atom. The van der Waals surface area contributed by atoms with Crippen LogP contribution < -0.4 is 15.0 Å². The summed E-state index contributed by atoms with van der Waals surface area (Å²) in [5.74, 6) is -1.38. The third-order valence-electron chi connectivity index (χ3n) is 7.45. The van der Waals surface area contributed by atoms with Crippen LogP contribution in [0.5, 0.6) is 5.75 Å². The van der Waals surface area contributed by atoms with E-state index in [-0.39, 0.29) is 51.0 Å². The highest BCUT2D eigenvalue weighted by atomic mass is 35.5. The van der Waals surface area contributed by atoms with E-state index < -0.39 is 17.8 Å². The predicted molar refractivity (Wildman–Crippen MR) is 165 cm³/mol. The average molecular weight is 651 g/mol. The van der Waals surface area contributed by atoms with E-state index in [4.69, 9.17) is 27.9 Å². The molecule has 11 nitrogen and oxygen atoms in total. The monoisotopic (exact) mass is 649 g/mol. The lowest BCUT2D eigenvalue weighted by Crippen LogP contribution is -3.07. The van der Waals surface area contributed by atoms with Crippen molar-refractivity contribution in [2.75, 3.05) is 59.2 Å². The molecular formula is C30H36Cl2FN6O5+. The molecule has 2 heterocycles. The van der Waals surface area contributed by atoms with Crippen molar-refractivity contribution < 1.29 is 33.5 Å². The largest absolute Gasteiger partial charge is 0.495 e. The molecule has 1 saturated heterocycles. The topological polar surface area (TPSA) is 121 Å². The number of halogens is 3. The van der Waals surface area contributed by atoms with Gasteiger partial charge in [-0.05, 0) is 36.8 Å². The number of hydrogen-bond donors (Lipinski definition) is 3. The van der Waals surface area contributed by atoms with Crippen LogP contribution in [0.1, 0.15) is 33.8 Å². The number of likely N-dealkylation sites (N-methyl/N-ethyl adjacent to an activating group) is 1. The van der Waals surface area contributed by atoms with E-state index in [0.29, 0.717) is 50.5 Å². The summed E-state index contributed by atoms with van der Waals surface area (Å²) >= 11 is 12.5. The van der Waals surface area contributed by atoms with Gasteiger partial charge in [-0.25, -0.2) is 9.37 Å². The molecule has 0 aliphatic carbocycles. The first kappa shape index (κ1) is 33.2. The lowest BCUT2D eigenvalue weighted by molar-refractivity contribution is -0.861. The Kier molecular flexibility index (Phi) is 10.8. The quantitative estimate of drug-likeness (QED) is 0.310. The van der Waals surface area contributed by atoms with Crippen LogP contribution in [-0.4, -0.2) is 102 Å². The molecule has 4 rings (SSSR count). The van der Waals surface area contributed by atoms with Gasteiger partial charge in [-0.2, -0.15) is 0 Å². The summed E-state index contributed by atoms with van der Waals surface area (Å²) in [6, 6.07) is 7.58. The molecule has 0 radical (unpaired) electrons. The number of rotatable bonds is 10. The standard InChI is InChI=1S/C30H35Cl2FN6O5/c1-36(2)17-19(40)6-10-25(41)38-11-13-39(14-12-38)30(43)20-7-5-18(15-22(20)31)35-29(42)28-34-16-23(37(28)3)21-8-9-24(44-4)26(32)27(21)33/h5,7-9,15-16,19,40H,6,10-14,17H2,1-4H3,(H,35,42)/p+1/t19-/m1/s1. The van der Waals surface area contributed by atoms with Crippen LogP contribution in [0.3, 0.4) is 0 Å². The zero-order valence-corrected chi connectivity index (χ0v) is 26.5. The number of hydrogen-bond acceptors (Lipinski definition) is 6. The smallest absolute Gasteiger partial charge is 0.291 e. The van der Waals surface area contributed by atoms with E-state index in [2.05, 4.69) is 10.3 Å². The van der Waals surface area contributed by atoms with Crippen LogP contribution in [0, 0.1) is 5.82 Å². The minimum atomic E-state index is -0.697. The molecule has 0 unspecified atom stereocenters. The second-order valence-corrected chi connectivity index (χ2v) is 11.7. The lowest BCUT2D eigenvalue weighted by atomic mass is 10.1. The molecule has 1 aliphatic heterocycles. The Balaban J connectivity index is 1.36. The molecule has 236 valence electrons. The first-order valence-corrected chi connectivity index (χ1v) is 14.9. The Hall–Kier alpha value is -3.71. The maximum atomic E-state index is 14.9. The van der Waals surface area contributed by atoms with E-state index in [1.807, 2.05) is 14.1 Å². The summed E-state index contributed by atoms with van der Waals surface area (Å²) in [4.78, 5) is 47.4. The van der Waals surface area contributed by atoms with Crippen molar-refractivity contribution in [3.8, 4) is 17.0 Å². The van der Waals surface area contributed by atoms with Crippen LogP contribution >= 0.6 is 23.2 Å². The van der Waals surface area contributed by atoms with Crippen LogP contribution in [0.15, 0.2) is 36.5 Å². The summed E-state index contributed by atoms with van der Waals surface area (Å²) in [5.41, 5.74) is 1.10. The number of nitrogens with one attached hydrogen (secondary N) is 2. The van der Waals surface area contributed by atoms with Gasteiger partial charge in [-0.1, -0.05) is 23.2 Å². The molecule has 3 aromatic rings. The first-order valence-electron chi connectivity index (χ1n) is 14.1. The lowest BCUT2D eigenvalue weighted by Gasteiger charge is -2.35. The van der Waals surface area contributed by atoms with E-state index in [9.17, 15) is 23.9 Å². The maximum Gasteiger partial charge on any atom is 0.291 e. The molecule has 0 bridgehead atoms. The summed E-state index contributed by atoms with van der Waals surface area (Å²) in [6.45, 7) is 2.06. The second-order valence-electron chi connectivity index (χ2n) is 10.9. The van der Waals surface area contributed by atoms with Gasteiger partial charge in [0.15, 0.2) is 11.6 Å². The normalized spacial score (nSPS) is 14.1. The third kappa shape index (κ3) is 7.49. The highest BCUT2D eigenvalue weighted by Gasteiger charge is 2.27. The summed E-state index contributed by atoms with van der Waals surface area (Å²) in [5, 5.41) is 12.7. The van der Waals surface area contributed by atoms with Crippen LogP contribution in [0.2, 0.25) is 10.0 Å². The molecule has 3 N–H and O–H groups in total. The van der Waals surface area contributed by atoms with E-state index in [1.165, 1.54) is 42.1 Å². The molecule has 1 atom stereocenters. The van der Waals surface area contributed by atoms with E-state index >= 15 is 0 Å². The first-order chi connectivity index (χ1) is 20.9. The van der Waals surface area contributed by atoms with Crippen LogP contribution in [0.25, 0.3) is 11.3 Å². The van der Waals surface area contributed by atoms with E-state index in [1.54, 1.807) is 22.9 Å². The number of carbonyl (C=O) groups excluding carboxylic acids is 3. The third-order valence-corrected chi connectivity index (χ3v) is 8.11. The molecule has 1 aliphatic rings. The van der Waals surface area contributed by atoms with Gasteiger partial charge in [0.25, 0.3) is 11.8 Å². The van der Waals surface area contributed by atoms with Gasteiger partial charge in [0.1, 0.15) is 23.4 Å². The van der Waals surface area contributed by atoms with Crippen molar-refractivity contribution >= 4 is 46.6 Å². The average Bonchev–Trinajstić information content (AvgIpc) is 3.37. The van der Waals surface area contributed by atoms with Gasteiger partial charge < -0.3 is 34.4 Å². The molecule has 0 saturated carbocycles. The fourth-order valence-corrected chi connectivity index (χ4v) is 5.57. The molecule has 2 aromatic carbocycles. The van der Waals surface area contributed by atoms with Crippen LogP contribution in [0.4, 0.5) is 10.1 Å². The van der Waals surface area contributed by atoms with Gasteiger partial charge in [-0.3, -0.25) is 14.4 Å². The minimum Gasteiger partial charge on any atom is -0.495 e. The van der Waals surface area contributed by atoms with Crippen molar-refractivity contribution in [3.05, 3.63) is 63.8 Å². The molecule has 1 fully saturated rings. The number of methoxy groups -OCH3 is 1. The number of aromatic nitrogens is 2. The number of quaternary nitrogens is 1. The Bertz CT molecular complexity index is 1540. The summed E-state index contributed by atoms with van der Waals surface area (Å²) in [7, 11) is 6.85. The highest BCUT2D eigenvalue weighted by Crippen LogP contribution is 2.34. The number of piperazine rings is 1. The number of ether oxygens (including phenoxy) is 1. The number of aliphatic hydroxyl groups excluding tert-OH is 1. The minimum absolute atomic E-state index is 0.0170. The van der Waals surface area contributed by atoms with Crippen molar-refractivity contribution in [2.24, 2.45) is 7.05 Å². The Morgan fingerprint density at radius 1 is 1.11 bits per heavy atom. The number of imidazole rings is 1. The van der Waals surface area contributed by atoms with Gasteiger partial charge in [0.2, 0.25) is 5.91 Å². The zero-order valence-electron chi connectivity index (χ0n) is 25.0. The number of anilines is 1. The maximum absolute atomic E-state index is 14.9. The Labute approximate surface area is 265 Å². The van der Waals surface area contributed by atoms with Crippen molar-refractivity contribution in [1.82, 2.24) is 19.4 Å². The molecule has 1 aromatic heterocycles. The fourth-order valence-electron chi connectivity index (χ4n) is 5.06. The molecule has 0 spiro atoms. The summed E-state index contributed by atoms with van der Waals surface area (Å²) < 4.78 is 21.4. The van der Waals surface area contributed by atoms with Gasteiger partial charge in [0.05, 0.1) is 43.7 Å². The number of benzene rings is 2. The highest BCUT2D eigenvalue weighted by molar-refractivity contribution is 6.34. The van der Waals surface area contributed by atoms with Crippen LogP contribution in [-0.2, 0) is 11.8 Å². The molecule has 44 heavy (non-hydrogen) atoms. The predicted octanol–water partition coefficient (Wildman–Crippen LogP) is 2.36. The number of aliphatic hydroxyl groups is 1. The molecular weight excluding hydrogens is 614 g/mol. The summed E-state index contributed by atoms with van der Waals surface area (Å²) in [6.07, 6.45) is 1.49. The molecule has 3 amide bonds.